The molecule has 0 fully saturated rings. The van der Waals surface area contributed by atoms with Crippen LogP contribution in [0.1, 0.15) is 20.3 Å². The second-order valence-electron chi connectivity index (χ2n) is 5.83. The summed E-state index contributed by atoms with van der Waals surface area (Å²) in [5, 5.41) is 0. The summed E-state index contributed by atoms with van der Waals surface area (Å²) >= 11 is 5.50. The van der Waals surface area contributed by atoms with Crippen LogP contribution in [0, 0.1) is 0 Å². The van der Waals surface area contributed by atoms with Crippen LogP contribution in [0.3, 0.4) is 0 Å². The first-order valence-corrected chi connectivity index (χ1v) is 7.48. The molecule has 0 saturated carbocycles. The predicted molar refractivity (Wildman–Crippen MR) is 70.3 cm³/mol. The average Bonchev–Trinajstić information content (AvgIpc) is 2.13. The molecule has 17 heavy (non-hydrogen) atoms. The minimum absolute atomic E-state index is 0.0309. The Morgan fingerprint density at radius 2 is 1.82 bits per heavy atom. The Hall–Kier alpha value is 0.120. The monoisotopic (exact) mass is 287 g/mol. The molecular formula is C10H24ClN2O3S+. The van der Waals surface area contributed by atoms with Crippen LogP contribution in [-0.4, -0.2) is 58.5 Å². The summed E-state index contributed by atoms with van der Waals surface area (Å²) < 4.78 is 28.8. The summed E-state index contributed by atoms with van der Waals surface area (Å²) in [6, 6.07) is 0. The van der Waals surface area contributed by atoms with E-state index >= 15 is 0 Å². The SMILES string of the molecule is CC(C)(CCS(=O)(=O)OCC[N+](C)(C)C)NCl. The van der Waals surface area contributed by atoms with E-state index in [4.69, 9.17) is 16.0 Å². The molecule has 0 unspecified atom stereocenters. The van der Waals surface area contributed by atoms with E-state index in [1.165, 1.54) is 0 Å². The molecule has 0 aromatic heterocycles. The van der Waals surface area contributed by atoms with Gasteiger partial charge in [-0.1, -0.05) is 0 Å². The van der Waals surface area contributed by atoms with Crippen molar-refractivity contribution in [2.75, 3.05) is 40.0 Å². The molecule has 0 aliphatic carbocycles. The van der Waals surface area contributed by atoms with Gasteiger partial charge in [-0.3, -0.25) is 4.18 Å². The second-order valence-corrected chi connectivity index (χ2v) is 7.77. The lowest BCUT2D eigenvalue weighted by atomic mass is 10.0. The number of nitrogens with zero attached hydrogens (tertiary/aromatic N) is 1. The Balaban J connectivity index is 4.06. The first-order valence-electron chi connectivity index (χ1n) is 5.53. The third kappa shape index (κ3) is 9.79. The van der Waals surface area contributed by atoms with Gasteiger partial charge in [-0.25, -0.2) is 4.84 Å². The van der Waals surface area contributed by atoms with E-state index in [1.807, 2.05) is 35.0 Å². The van der Waals surface area contributed by atoms with E-state index in [9.17, 15) is 8.42 Å². The molecule has 0 saturated heterocycles. The fourth-order valence-electron chi connectivity index (χ4n) is 0.924. The Bertz CT molecular complexity index is 323. The van der Waals surface area contributed by atoms with Gasteiger partial charge in [0.1, 0.15) is 13.2 Å². The molecule has 0 radical (unpaired) electrons. The number of rotatable bonds is 8. The fourth-order valence-corrected chi connectivity index (χ4v) is 2.23. The second kappa shape index (κ2) is 6.33. The van der Waals surface area contributed by atoms with Crippen molar-refractivity contribution in [3.63, 3.8) is 0 Å². The largest absolute Gasteiger partial charge is 0.329 e. The molecular weight excluding hydrogens is 264 g/mol. The standard InChI is InChI=1S/C10H24ClN2O3S/c1-10(2,12-11)6-9-17(14,15)16-8-7-13(3,4)5/h12H,6-9H2,1-5H3/q+1. The Kier molecular flexibility index (Phi) is 6.38. The third-order valence-electron chi connectivity index (χ3n) is 2.26. The molecule has 0 aliphatic rings. The summed E-state index contributed by atoms with van der Waals surface area (Å²) in [4.78, 5) is 2.54. The highest BCUT2D eigenvalue weighted by atomic mass is 35.5. The van der Waals surface area contributed by atoms with Gasteiger partial charge in [-0.05, 0) is 32.0 Å². The highest BCUT2D eigenvalue weighted by Crippen LogP contribution is 2.11. The van der Waals surface area contributed by atoms with E-state index in [-0.39, 0.29) is 12.4 Å². The van der Waals surface area contributed by atoms with Gasteiger partial charge < -0.3 is 4.48 Å². The fraction of sp³-hybridized carbons (Fsp3) is 1.00. The molecule has 1 N–H and O–H groups in total. The lowest BCUT2D eigenvalue weighted by Crippen LogP contribution is -2.38. The Morgan fingerprint density at radius 1 is 1.29 bits per heavy atom. The zero-order valence-corrected chi connectivity index (χ0v) is 12.9. The Morgan fingerprint density at radius 3 is 2.24 bits per heavy atom. The predicted octanol–water partition coefficient (Wildman–Crippen LogP) is 0.951. The number of quaternary nitrogens is 1. The van der Waals surface area contributed by atoms with E-state index < -0.39 is 15.7 Å². The van der Waals surface area contributed by atoms with Crippen molar-refractivity contribution in [1.29, 1.82) is 0 Å². The van der Waals surface area contributed by atoms with Gasteiger partial charge in [-0.15, -0.1) is 0 Å². The van der Waals surface area contributed by atoms with E-state index in [2.05, 4.69) is 4.84 Å². The average molecular weight is 288 g/mol. The van der Waals surface area contributed by atoms with Crippen molar-refractivity contribution >= 4 is 21.9 Å². The number of nitrogens with one attached hydrogen (secondary N) is 1. The van der Waals surface area contributed by atoms with Crippen LogP contribution in [-0.2, 0) is 14.3 Å². The summed E-state index contributed by atoms with van der Waals surface area (Å²) in [6.07, 6.45) is 0.406. The summed E-state index contributed by atoms with van der Waals surface area (Å²) in [7, 11) is 2.49. The van der Waals surface area contributed by atoms with Gasteiger partial charge in [0.25, 0.3) is 10.1 Å². The first kappa shape index (κ1) is 17.1. The molecule has 0 heterocycles. The maximum Gasteiger partial charge on any atom is 0.267 e. The van der Waals surface area contributed by atoms with Gasteiger partial charge in [0.15, 0.2) is 0 Å². The van der Waals surface area contributed by atoms with E-state index in [0.717, 1.165) is 0 Å². The lowest BCUT2D eigenvalue weighted by molar-refractivity contribution is -0.870. The zero-order valence-electron chi connectivity index (χ0n) is 11.3. The van der Waals surface area contributed by atoms with E-state index in [1.54, 1.807) is 0 Å². The van der Waals surface area contributed by atoms with Crippen LogP contribution in [0.15, 0.2) is 0 Å². The number of halogens is 1. The Labute approximate surface area is 110 Å². The highest BCUT2D eigenvalue weighted by molar-refractivity contribution is 7.86. The van der Waals surface area contributed by atoms with Gasteiger partial charge >= 0.3 is 0 Å². The molecule has 0 aliphatic heterocycles. The van der Waals surface area contributed by atoms with Crippen molar-refractivity contribution < 1.29 is 17.1 Å². The van der Waals surface area contributed by atoms with Crippen LogP contribution in [0.2, 0.25) is 0 Å². The minimum atomic E-state index is -3.46. The maximum atomic E-state index is 11.6. The van der Waals surface area contributed by atoms with Gasteiger partial charge in [-0.2, -0.15) is 8.42 Å². The molecule has 0 aromatic rings. The molecule has 0 bridgehead atoms. The summed E-state index contributed by atoms with van der Waals surface area (Å²) in [5.41, 5.74) is -0.419. The van der Waals surface area contributed by atoms with Crippen LogP contribution < -0.4 is 4.84 Å². The quantitative estimate of drug-likeness (QED) is 0.410. The van der Waals surface area contributed by atoms with Crippen molar-refractivity contribution in [1.82, 2.24) is 4.84 Å². The van der Waals surface area contributed by atoms with Crippen LogP contribution in [0.25, 0.3) is 0 Å². The van der Waals surface area contributed by atoms with Crippen molar-refractivity contribution in [2.45, 2.75) is 25.8 Å². The molecule has 0 spiro atoms. The van der Waals surface area contributed by atoms with Gasteiger partial charge in [0.2, 0.25) is 0 Å². The summed E-state index contributed by atoms with van der Waals surface area (Å²) in [5.74, 6) is -0.0309. The van der Waals surface area contributed by atoms with Crippen LogP contribution >= 0.6 is 11.8 Å². The van der Waals surface area contributed by atoms with Crippen molar-refractivity contribution in [3.8, 4) is 0 Å². The first-order chi connectivity index (χ1) is 7.47. The van der Waals surface area contributed by atoms with Crippen molar-refractivity contribution in [3.05, 3.63) is 0 Å². The minimum Gasteiger partial charge on any atom is -0.329 e. The van der Waals surface area contributed by atoms with Crippen molar-refractivity contribution in [2.24, 2.45) is 0 Å². The van der Waals surface area contributed by atoms with Gasteiger partial charge in [0.05, 0.1) is 26.9 Å². The molecule has 0 rings (SSSR count). The lowest BCUT2D eigenvalue weighted by Gasteiger charge is -2.24. The molecule has 0 atom stereocenters. The third-order valence-corrected chi connectivity index (χ3v) is 4.00. The number of likely N-dealkylation sites (N-methyl/N-ethyl adjacent to an activating group) is 1. The maximum absolute atomic E-state index is 11.6. The number of hydrogen-bond acceptors (Lipinski definition) is 4. The highest BCUT2D eigenvalue weighted by Gasteiger charge is 2.22. The molecule has 7 heteroatoms. The smallest absolute Gasteiger partial charge is 0.267 e. The van der Waals surface area contributed by atoms with Crippen LogP contribution in [0.4, 0.5) is 0 Å². The molecule has 0 aromatic carbocycles. The molecule has 5 nitrogen and oxygen atoms in total. The molecule has 104 valence electrons. The van der Waals surface area contributed by atoms with Crippen LogP contribution in [0.5, 0.6) is 0 Å². The van der Waals surface area contributed by atoms with Gasteiger partial charge in [0, 0.05) is 5.54 Å². The topological polar surface area (TPSA) is 55.4 Å². The summed E-state index contributed by atoms with van der Waals surface area (Å²) in [6.45, 7) is 4.53. The molecule has 0 amide bonds. The zero-order chi connectivity index (χ0) is 13.7. The number of hydrogen-bond donors (Lipinski definition) is 1. The normalized spacial score (nSPS) is 14.0. The van der Waals surface area contributed by atoms with E-state index in [0.29, 0.717) is 17.4 Å².